The summed E-state index contributed by atoms with van der Waals surface area (Å²) in [5.41, 5.74) is 6.87. The minimum atomic E-state index is -3.44. The van der Waals surface area contributed by atoms with Crippen molar-refractivity contribution in [2.24, 2.45) is 5.73 Å². The van der Waals surface area contributed by atoms with Gasteiger partial charge in [-0.1, -0.05) is 0 Å². The van der Waals surface area contributed by atoms with E-state index in [1.807, 2.05) is 5.38 Å². The Balaban J connectivity index is 1.58. The zero-order valence-electron chi connectivity index (χ0n) is 14.3. The van der Waals surface area contributed by atoms with E-state index in [1.54, 1.807) is 28.9 Å². The molecular weight excluding hydrogens is 378 g/mol. The molecule has 25 heavy (non-hydrogen) atoms. The molecule has 2 heterocycles. The minimum absolute atomic E-state index is 0.266. The van der Waals surface area contributed by atoms with Crippen molar-refractivity contribution in [2.45, 2.75) is 37.1 Å². The van der Waals surface area contributed by atoms with Gasteiger partial charge in [-0.05, 0) is 25.7 Å². The van der Waals surface area contributed by atoms with Crippen molar-refractivity contribution in [1.29, 1.82) is 0 Å². The van der Waals surface area contributed by atoms with Crippen LogP contribution in [0.4, 0.5) is 0 Å². The average Bonchev–Trinajstić information content (AvgIpc) is 3.25. The van der Waals surface area contributed by atoms with Crippen molar-refractivity contribution in [1.82, 2.24) is 19.0 Å². The number of nitrogens with zero attached hydrogens (tertiary/aromatic N) is 3. The molecule has 1 aliphatic rings. The molecule has 0 aliphatic heterocycles. The number of nitrogens with two attached hydrogens (primary N) is 1. The standard InChI is InChI=1S/C15H23N5O2S3/c1-20(2)25(21,22)18-10-15(16)5-3-11(4-6-15)13-19-12(9-24-13)14-17-7-8-23-14/h7-9,11,18H,3-6,10,16H2,1-2H3/t11-,15+. The molecule has 1 fully saturated rings. The van der Waals surface area contributed by atoms with E-state index in [0.717, 1.165) is 45.7 Å². The summed E-state index contributed by atoms with van der Waals surface area (Å²) in [5, 5.41) is 6.08. The van der Waals surface area contributed by atoms with Gasteiger partial charge in [-0.15, -0.1) is 22.7 Å². The summed E-state index contributed by atoms with van der Waals surface area (Å²) in [6, 6.07) is 0. The Hall–Kier alpha value is -0.910. The highest BCUT2D eigenvalue weighted by atomic mass is 32.2. The first-order valence-corrected chi connectivity index (χ1v) is 11.3. The summed E-state index contributed by atoms with van der Waals surface area (Å²) in [5.74, 6) is 0.390. The maximum absolute atomic E-state index is 11.9. The van der Waals surface area contributed by atoms with Gasteiger partial charge >= 0.3 is 0 Å². The third-order valence-corrected chi connectivity index (χ3v) is 7.86. The molecule has 0 unspecified atom stereocenters. The lowest BCUT2D eigenvalue weighted by molar-refractivity contribution is 0.272. The lowest BCUT2D eigenvalue weighted by atomic mass is 9.77. The highest BCUT2D eigenvalue weighted by Crippen LogP contribution is 2.39. The third kappa shape index (κ3) is 4.44. The highest BCUT2D eigenvalue weighted by Gasteiger charge is 2.34. The van der Waals surface area contributed by atoms with Gasteiger partial charge in [-0.3, -0.25) is 0 Å². The minimum Gasteiger partial charge on any atom is -0.324 e. The molecule has 2 aromatic rings. The van der Waals surface area contributed by atoms with E-state index < -0.39 is 15.7 Å². The maximum atomic E-state index is 11.9. The van der Waals surface area contributed by atoms with Crippen molar-refractivity contribution in [3.63, 3.8) is 0 Å². The van der Waals surface area contributed by atoms with Crippen LogP contribution in [-0.2, 0) is 10.2 Å². The first-order chi connectivity index (χ1) is 11.8. The fourth-order valence-electron chi connectivity index (χ4n) is 2.90. The summed E-state index contributed by atoms with van der Waals surface area (Å²) in [4.78, 5) is 9.04. The van der Waals surface area contributed by atoms with Gasteiger partial charge in [-0.2, -0.15) is 12.7 Å². The summed E-state index contributed by atoms with van der Waals surface area (Å²) in [6.07, 6.45) is 5.19. The SMILES string of the molecule is CN(C)S(=O)(=O)NC[C@]1(N)CC[C@@H](c2nc(-c3nccs3)cs2)CC1. The van der Waals surface area contributed by atoms with Crippen LogP contribution >= 0.6 is 22.7 Å². The van der Waals surface area contributed by atoms with Gasteiger partial charge in [0.1, 0.15) is 10.7 Å². The molecule has 0 saturated heterocycles. The average molecular weight is 402 g/mol. The molecule has 1 saturated carbocycles. The van der Waals surface area contributed by atoms with Crippen LogP contribution in [0.5, 0.6) is 0 Å². The lowest BCUT2D eigenvalue weighted by Crippen LogP contribution is -2.53. The van der Waals surface area contributed by atoms with E-state index in [2.05, 4.69) is 15.1 Å². The molecule has 0 bridgehead atoms. The molecular formula is C15H23N5O2S3. The summed E-state index contributed by atoms with van der Waals surface area (Å²) in [6.45, 7) is 0.266. The van der Waals surface area contributed by atoms with E-state index in [0.29, 0.717) is 5.92 Å². The van der Waals surface area contributed by atoms with Gasteiger partial charge in [0.2, 0.25) is 0 Å². The number of aromatic nitrogens is 2. The van der Waals surface area contributed by atoms with E-state index >= 15 is 0 Å². The predicted octanol–water partition coefficient (Wildman–Crippen LogP) is 2.02. The first-order valence-electron chi connectivity index (χ1n) is 8.10. The zero-order valence-corrected chi connectivity index (χ0v) is 16.8. The number of nitrogens with one attached hydrogen (secondary N) is 1. The Morgan fingerprint density at radius 2 is 2.08 bits per heavy atom. The molecule has 7 nitrogen and oxygen atoms in total. The normalized spacial score (nSPS) is 24.7. The van der Waals surface area contributed by atoms with Gasteiger partial charge in [0.05, 0.1) is 5.01 Å². The molecule has 0 aromatic carbocycles. The van der Waals surface area contributed by atoms with Crippen LogP contribution in [0.15, 0.2) is 17.0 Å². The van der Waals surface area contributed by atoms with Crippen molar-refractivity contribution in [2.75, 3.05) is 20.6 Å². The second-order valence-electron chi connectivity index (χ2n) is 6.65. The highest BCUT2D eigenvalue weighted by molar-refractivity contribution is 7.87. The van der Waals surface area contributed by atoms with E-state index in [1.165, 1.54) is 14.1 Å². The van der Waals surface area contributed by atoms with Gasteiger partial charge in [0, 0.05) is 49.1 Å². The van der Waals surface area contributed by atoms with Crippen molar-refractivity contribution < 1.29 is 8.42 Å². The second kappa shape index (κ2) is 7.37. The van der Waals surface area contributed by atoms with E-state index in [-0.39, 0.29) is 6.54 Å². The van der Waals surface area contributed by atoms with Crippen molar-refractivity contribution in [3.05, 3.63) is 22.0 Å². The Bertz CT molecular complexity index is 793. The van der Waals surface area contributed by atoms with E-state index in [4.69, 9.17) is 10.7 Å². The van der Waals surface area contributed by atoms with Gasteiger partial charge < -0.3 is 5.73 Å². The summed E-state index contributed by atoms with van der Waals surface area (Å²) >= 11 is 3.26. The monoisotopic (exact) mass is 401 g/mol. The summed E-state index contributed by atoms with van der Waals surface area (Å²) in [7, 11) is -0.426. The summed E-state index contributed by atoms with van der Waals surface area (Å²) < 4.78 is 27.5. The van der Waals surface area contributed by atoms with Crippen LogP contribution in [0.25, 0.3) is 10.7 Å². The molecule has 2 aromatic heterocycles. The quantitative estimate of drug-likeness (QED) is 0.771. The van der Waals surface area contributed by atoms with Crippen molar-refractivity contribution in [3.8, 4) is 10.7 Å². The zero-order chi connectivity index (χ0) is 18.1. The first kappa shape index (κ1) is 18.9. The number of hydrogen-bond acceptors (Lipinski definition) is 7. The smallest absolute Gasteiger partial charge is 0.278 e. The lowest BCUT2D eigenvalue weighted by Gasteiger charge is -2.36. The molecule has 10 heteroatoms. The molecule has 0 amide bonds. The topological polar surface area (TPSA) is 101 Å². The van der Waals surface area contributed by atoms with Crippen LogP contribution in [0.1, 0.15) is 36.6 Å². The third-order valence-electron chi connectivity index (χ3n) is 4.59. The van der Waals surface area contributed by atoms with Gasteiger partial charge in [0.25, 0.3) is 10.2 Å². The molecule has 138 valence electrons. The fraction of sp³-hybridized carbons (Fsp3) is 0.600. The van der Waals surface area contributed by atoms with Crippen LogP contribution < -0.4 is 10.5 Å². The number of thiazole rings is 2. The molecule has 0 atom stereocenters. The Morgan fingerprint density at radius 1 is 1.36 bits per heavy atom. The number of rotatable bonds is 6. The Kier molecular flexibility index (Phi) is 5.57. The Labute approximate surface area is 156 Å². The van der Waals surface area contributed by atoms with Gasteiger partial charge in [-0.25, -0.2) is 14.7 Å². The predicted molar refractivity (Wildman–Crippen MR) is 102 cm³/mol. The molecule has 3 N–H and O–H groups in total. The van der Waals surface area contributed by atoms with Crippen molar-refractivity contribution >= 4 is 32.9 Å². The molecule has 0 radical (unpaired) electrons. The molecule has 0 spiro atoms. The van der Waals surface area contributed by atoms with Crippen LogP contribution in [0.3, 0.4) is 0 Å². The van der Waals surface area contributed by atoms with Crippen LogP contribution in [-0.4, -0.2) is 48.9 Å². The number of hydrogen-bond donors (Lipinski definition) is 2. The molecule has 3 rings (SSSR count). The van der Waals surface area contributed by atoms with Gasteiger partial charge in [0.15, 0.2) is 0 Å². The Morgan fingerprint density at radius 3 is 2.68 bits per heavy atom. The fourth-order valence-corrected chi connectivity index (χ4v) is 5.28. The van der Waals surface area contributed by atoms with Crippen LogP contribution in [0.2, 0.25) is 0 Å². The molecule has 1 aliphatic carbocycles. The largest absolute Gasteiger partial charge is 0.324 e. The second-order valence-corrected chi connectivity index (χ2v) is 10.4. The maximum Gasteiger partial charge on any atom is 0.278 e. The van der Waals surface area contributed by atoms with E-state index in [9.17, 15) is 8.42 Å². The van der Waals surface area contributed by atoms with Crippen LogP contribution in [0, 0.1) is 0 Å².